The minimum absolute atomic E-state index is 0. The Balaban J connectivity index is 0.000001000. The lowest BCUT2D eigenvalue weighted by Crippen LogP contribution is -1.81. The molecule has 1 rings (SSSR count). The second kappa shape index (κ2) is 4.40. The molecule has 0 radical (unpaired) electrons. The van der Waals surface area contributed by atoms with E-state index in [1.54, 1.807) is 7.11 Å². The van der Waals surface area contributed by atoms with Crippen LogP contribution in [0.1, 0.15) is 13.0 Å². The Morgan fingerprint density at radius 2 is 1.82 bits per heavy atom. The molecule has 0 unspecified atom stereocenters. The van der Waals surface area contributed by atoms with E-state index >= 15 is 0 Å². The number of benzene rings is 1. The predicted octanol–water partition coefficient (Wildman–Crippen LogP) is 2.31. The molecular weight excluding hydrogens is 136 g/mol. The van der Waals surface area contributed by atoms with Crippen LogP contribution in [0.3, 0.4) is 0 Å². The van der Waals surface area contributed by atoms with Crippen molar-refractivity contribution in [3.05, 3.63) is 29.8 Å². The van der Waals surface area contributed by atoms with Crippen molar-refractivity contribution in [2.24, 2.45) is 0 Å². The minimum atomic E-state index is 0. The van der Waals surface area contributed by atoms with Crippen molar-refractivity contribution in [2.45, 2.75) is 7.43 Å². The fourth-order valence-electron chi connectivity index (χ4n) is 0.687. The number of methoxy groups -OCH3 is 1. The molecule has 11 heavy (non-hydrogen) atoms. The third-order valence-electron chi connectivity index (χ3n) is 1.26. The SMILES string of the molecule is C.C#Cc1ccc(OC)cc1. The highest BCUT2D eigenvalue weighted by atomic mass is 16.5. The van der Waals surface area contributed by atoms with Crippen molar-refractivity contribution in [3.63, 3.8) is 0 Å². The molecule has 0 aliphatic rings. The van der Waals surface area contributed by atoms with Gasteiger partial charge in [-0.15, -0.1) is 6.42 Å². The van der Waals surface area contributed by atoms with Crippen LogP contribution in [0.15, 0.2) is 24.3 Å². The first-order valence-electron chi connectivity index (χ1n) is 2.97. The van der Waals surface area contributed by atoms with Crippen LogP contribution >= 0.6 is 0 Å². The Morgan fingerprint density at radius 3 is 2.18 bits per heavy atom. The molecule has 0 fully saturated rings. The lowest BCUT2D eigenvalue weighted by atomic mass is 10.2. The fourth-order valence-corrected chi connectivity index (χ4v) is 0.687. The molecule has 0 aliphatic carbocycles. The molecule has 1 heteroatoms. The van der Waals surface area contributed by atoms with E-state index in [2.05, 4.69) is 5.92 Å². The highest BCUT2D eigenvalue weighted by Crippen LogP contribution is 2.09. The summed E-state index contributed by atoms with van der Waals surface area (Å²) in [4.78, 5) is 0. The number of ether oxygens (including phenoxy) is 1. The lowest BCUT2D eigenvalue weighted by Gasteiger charge is -1.96. The summed E-state index contributed by atoms with van der Waals surface area (Å²) in [6.07, 6.45) is 5.15. The van der Waals surface area contributed by atoms with Gasteiger partial charge in [0.05, 0.1) is 7.11 Å². The van der Waals surface area contributed by atoms with Gasteiger partial charge < -0.3 is 4.74 Å². The molecule has 0 spiro atoms. The van der Waals surface area contributed by atoms with Crippen molar-refractivity contribution in [2.75, 3.05) is 7.11 Å². The number of hydrogen-bond acceptors (Lipinski definition) is 1. The van der Waals surface area contributed by atoms with Gasteiger partial charge in [-0.05, 0) is 24.3 Å². The maximum Gasteiger partial charge on any atom is 0.118 e. The van der Waals surface area contributed by atoms with Crippen molar-refractivity contribution in [1.82, 2.24) is 0 Å². The van der Waals surface area contributed by atoms with Crippen molar-refractivity contribution in [3.8, 4) is 18.1 Å². The molecule has 1 aromatic carbocycles. The maximum atomic E-state index is 5.15. The molecule has 1 nitrogen and oxygen atoms in total. The first-order valence-corrected chi connectivity index (χ1v) is 2.97. The lowest BCUT2D eigenvalue weighted by molar-refractivity contribution is 0.415. The Morgan fingerprint density at radius 1 is 1.27 bits per heavy atom. The van der Waals surface area contributed by atoms with Crippen molar-refractivity contribution in [1.29, 1.82) is 0 Å². The molecular formula is C10H12O. The van der Waals surface area contributed by atoms with Gasteiger partial charge in [0.2, 0.25) is 0 Å². The average molecular weight is 148 g/mol. The average Bonchev–Trinajstić information content (AvgIpc) is 2.05. The Bertz CT molecular complexity index is 241. The summed E-state index contributed by atoms with van der Waals surface area (Å²) in [6.45, 7) is 0. The quantitative estimate of drug-likeness (QED) is 0.555. The van der Waals surface area contributed by atoms with Crippen LogP contribution in [0.25, 0.3) is 0 Å². The van der Waals surface area contributed by atoms with E-state index in [0.29, 0.717) is 0 Å². The van der Waals surface area contributed by atoms with Gasteiger partial charge in [0.25, 0.3) is 0 Å². The molecule has 0 N–H and O–H groups in total. The first-order chi connectivity index (χ1) is 4.86. The van der Waals surface area contributed by atoms with Gasteiger partial charge in [-0.2, -0.15) is 0 Å². The van der Waals surface area contributed by atoms with Crippen LogP contribution in [0.4, 0.5) is 0 Å². The molecule has 0 bridgehead atoms. The second-order valence-electron chi connectivity index (χ2n) is 1.87. The standard InChI is InChI=1S/C9H8O.CH4/c1-3-8-4-6-9(10-2)7-5-8;/h1,4-7H,2H3;1H4. The summed E-state index contributed by atoms with van der Waals surface area (Å²) in [6, 6.07) is 7.38. The van der Waals surface area contributed by atoms with E-state index < -0.39 is 0 Å². The highest BCUT2D eigenvalue weighted by Gasteiger charge is 1.87. The Kier molecular flexibility index (Phi) is 3.84. The second-order valence-corrected chi connectivity index (χ2v) is 1.87. The zero-order valence-corrected chi connectivity index (χ0v) is 5.79. The van der Waals surface area contributed by atoms with Crippen LogP contribution < -0.4 is 4.74 Å². The van der Waals surface area contributed by atoms with Gasteiger partial charge in [0.1, 0.15) is 5.75 Å². The van der Waals surface area contributed by atoms with E-state index in [4.69, 9.17) is 11.2 Å². The van der Waals surface area contributed by atoms with Crippen LogP contribution in [0.2, 0.25) is 0 Å². The van der Waals surface area contributed by atoms with E-state index in [1.807, 2.05) is 24.3 Å². The summed E-state index contributed by atoms with van der Waals surface area (Å²) in [5.74, 6) is 3.36. The van der Waals surface area contributed by atoms with Gasteiger partial charge in [-0.1, -0.05) is 13.3 Å². The van der Waals surface area contributed by atoms with Crippen LogP contribution in [0, 0.1) is 12.3 Å². The van der Waals surface area contributed by atoms with E-state index in [0.717, 1.165) is 11.3 Å². The summed E-state index contributed by atoms with van der Waals surface area (Å²) in [5, 5.41) is 0. The maximum absolute atomic E-state index is 5.15. The monoisotopic (exact) mass is 148 g/mol. The van der Waals surface area contributed by atoms with Crippen molar-refractivity contribution < 1.29 is 4.74 Å². The molecule has 0 saturated carbocycles. The van der Waals surface area contributed by atoms with Gasteiger partial charge in [-0.25, -0.2) is 0 Å². The normalized spacial score (nSPS) is 7.64. The molecule has 0 aliphatic heterocycles. The molecule has 1 aromatic rings. The zero-order valence-electron chi connectivity index (χ0n) is 5.79. The van der Waals surface area contributed by atoms with Gasteiger partial charge >= 0.3 is 0 Å². The topological polar surface area (TPSA) is 9.23 Å². The molecule has 0 heterocycles. The Hall–Kier alpha value is -1.42. The number of terminal acetylenes is 1. The molecule has 0 atom stereocenters. The van der Waals surface area contributed by atoms with Gasteiger partial charge in [-0.3, -0.25) is 0 Å². The third-order valence-corrected chi connectivity index (χ3v) is 1.26. The molecule has 0 saturated heterocycles. The van der Waals surface area contributed by atoms with Gasteiger partial charge in [0.15, 0.2) is 0 Å². The fraction of sp³-hybridized carbons (Fsp3) is 0.200. The van der Waals surface area contributed by atoms with Crippen LogP contribution in [-0.2, 0) is 0 Å². The molecule has 0 aromatic heterocycles. The predicted molar refractivity (Wildman–Crippen MR) is 47.7 cm³/mol. The summed E-state index contributed by atoms with van der Waals surface area (Å²) in [7, 11) is 1.63. The van der Waals surface area contributed by atoms with Crippen molar-refractivity contribution >= 4 is 0 Å². The number of hydrogen-bond donors (Lipinski definition) is 0. The summed E-state index contributed by atoms with van der Waals surface area (Å²) in [5.41, 5.74) is 0.876. The van der Waals surface area contributed by atoms with E-state index in [1.165, 1.54) is 0 Å². The number of rotatable bonds is 1. The summed E-state index contributed by atoms with van der Waals surface area (Å²) >= 11 is 0. The third kappa shape index (κ3) is 2.35. The molecule has 58 valence electrons. The zero-order chi connectivity index (χ0) is 7.40. The first kappa shape index (κ1) is 9.58. The smallest absolute Gasteiger partial charge is 0.118 e. The van der Waals surface area contributed by atoms with Gasteiger partial charge in [0, 0.05) is 5.56 Å². The Labute approximate surface area is 68.0 Å². The highest BCUT2D eigenvalue weighted by molar-refractivity contribution is 5.36. The van der Waals surface area contributed by atoms with E-state index in [-0.39, 0.29) is 7.43 Å². The van der Waals surface area contributed by atoms with Crippen LogP contribution in [0.5, 0.6) is 5.75 Å². The minimum Gasteiger partial charge on any atom is -0.497 e. The summed E-state index contributed by atoms with van der Waals surface area (Å²) < 4.78 is 4.95. The van der Waals surface area contributed by atoms with Crippen LogP contribution in [-0.4, -0.2) is 7.11 Å². The van der Waals surface area contributed by atoms with E-state index in [9.17, 15) is 0 Å². The largest absolute Gasteiger partial charge is 0.497 e. The molecule has 0 amide bonds.